The van der Waals surface area contributed by atoms with Gasteiger partial charge in [-0.05, 0) is 67.6 Å². The van der Waals surface area contributed by atoms with Gasteiger partial charge in [0, 0.05) is 28.9 Å². The van der Waals surface area contributed by atoms with Crippen LogP contribution in [-0.4, -0.2) is 35.9 Å². The number of carbonyl (C=O) groups is 2. The second-order valence-electron chi connectivity index (χ2n) is 11.1. The third-order valence-corrected chi connectivity index (χ3v) is 8.85. The van der Waals surface area contributed by atoms with Gasteiger partial charge in [0.2, 0.25) is 11.8 Å². The fourth-order valence-corrected chi connectivity index (χ4v) is 6.76. The maximum atomic E-state index is 14.1. The van der Waals surface area contributed by atoms with Gasteiger partial charge >= 0.3 is 0 Å². The van der Waals surface area contributed by atoms with Gasteiger partial charge in [-0.1, -0.05) is 72.8 Å². The molecule has 1 saturated heterocycles. The molecule has 6 heteroatoms. The minimum atomic E-state index is -0.689. The van der Waals surface area contributed by atoms with Crippen molar-refractivity contribution < 1.29 is 9.59 Å². The summed E-state index contributed by atoms with van der Waals surface area (Å²) in [6.45, 7) is 3.77. The zero-order valence-corrected chi connectivity index (χ0v) is 22.4. The normalized spacial score (nSPS) is 19.4. The molecule has 3 aromatic carbocycles. The van der Waals surface area contributed by atoms with Gasteiger partial charge in [-0.2, -0.15) is 0 Å². The van der Waals surface area contributed by atoms with Crippen molar-refractivity contribution in [1.82, 2.24) is 20.9 Å². The highest BCUT2D eigenvalue weighted by atomic mass is 16.2. The first kappa shape index (κ1) is 25.4. The van der Waals surface area contributed by atoms with Crippen molar-refractivity contribution in [2.75, 3.05) is 13.1 Å². The molecule has 2 amide bonds. The molecule has 1 fully saturated rings. The quantitative estimate of drug-likeness (QED) is 0.288. The number of benzene rings is 3. The summed E-state index contributed by atoms with van der Waals surface area (Å²) in [6, 6.07) is 25.6. The van der Waals surface area contributed by atoms with Crippen LogP contribution in [-0.2, 0) is 27.8 Å². The van der Waals surface area contributed by atoms with Crippen LogP contribution in [0.15, 0.2) is 85.1 Å². The first-order chi connectivity index (χ1) is 19.0. The monoisotopic (exact) mass is 520 g/mol. The number of hydrogen-bond acceptors (Lipinski definition) is 3. The number of amides is 2. The van der Waals surface area contributed by atoms with Gasteiger partial charge in [-0.3, -0.25) is 9.59 Å². The number of H-pyrrole nitrogens is 1. The van der Waals surface area contributed by atoms with Gasteiger partial charge < -0.3 is 20.9 Å². The van der Waals surface area contributed by atoms with Crippen LogP contribution in [0.25, 0.3) is 10.9 Å². The Morgan fingerprint density at radius 2 is 1.64 bits per heavy atom. The number of aromatic nitrogens is 1. The minimum Gasteiger partial charge on any atom is -0.361 e. The van der Waals surface area contributed by atoms with Crippen molar-refractivity contribution in [3.8, 4) is 0 Å². The van der Waals surface area contributed by atoms with Gasteiger partial charge in [-0.15, -0.1) is 0 Å². The first-order valence-electron chi connectivity index (χ1n) is 14.0. The van der Waals surface area contributed by atoms with Crippen molar-refractivity contribution in [3.05, 3.63) is 107 Å². The van der Waals surface area contributed by atoms with Crippen LogP contribution in [0.5, 0.6) is 0 Å². The Labute approximate surface area is 229 Å². The highest BCUT2D eigenvalue weighted by Gasteiger charge is 2.50. The van der Waals surface area contributed by atoms with E-state index in [0.29, 0.717) is 12.8 Å². The second kappa shape index (κ2) is 10.7. The molecule has 4 aromatic rings. The molecule has 1 aromatic heterocycles. The fraction of sp³-hybridized carbons (Fsp3) is 0.333. The molecule has 0 saturated carbocycles. The van der Waals surface area contributed by atoms with E-state index in [9.17, 15) is 9.59 Å². The van der Waals surface area contributed by atoms with Gasteiger partial charge in [0.25, 0.3) is 0 Å². The minimum absolute atomic E-state index is 0.0274. The van der Waals surface area contributed by atoms with Crippen LogP contribution in [0.2, 0.25) is 0 Å². The summed E-state index contributed by atoms with van der Waals surface area (Å²) in [5.41, 5.74) is 5.45. The van der Waals surface area contributed by atoms with Crippen LogP contribution in [0.1, 0.15) is 48.1 Å². The number of carbonyl (C=O) groups excluding carboxylic acids is 2. The van der Waals surface area contributed by atoms with Crippen LogP contribution >= 0.6 is 0 Å². The number of piperidine rings is 1. The Balaban J connectivity index is 1.28. The molecule has 0 bridgehead atoms. The number of fused-ring (bicyclic) bond motifs is 3. The number of nitrogens with one attached hydrogen (secondary N) is 4. The molecule has 1 unspecified atom stereocenters. The van der Waals surface area contributed by atoms with E-state index >= 15 is 0 Å². The highest BCUT2D eigenvalue weighted by Crippen LogP contribution is 2.49. The van der Waals surface area contributed by atoms with Crippen LogP contribution in [0.3, 0.4) is 0 Å². The number of aromatic amines is 1. The average Bonchev–Trinajstić information content (AvgIpc) is 3.52. The van der Waals surface area contributed by atoms with E-state index in [1.54, 1.807) is 0 Å². The lowest BCUT2D eigenvalue weighted by Crippen LogP contribution is -2.54. The lowest BCUT2D eigenvalue weighted by atomic mass is 9.68. The SMILES string of the molecule is C[C@@H](NC(=O)[C@H](Cc1c[nH]c2ccccc12)NC(=O)C1Cc2ccccc2C12CCNCC2)c1ccccc1. The molecule has 0 radical (unpaired) electrons. The zero-order chi connectivity index (χ0) is 26.8. The van der Waals surface area contributed by atoms with Crippen molar-refractivity contribution in [3.63, 3.8) is 0 Å². The average molecular weight is 521 g/mol. The molecule has 6 nitrogen and oxygen atoms in total. The molecule has 2 aliphatic rings. The van der Waals surface area contributed by atoms with E-state index in [-0.39, 0.29) is 29.2 Å². The zero-order valence-electron chi connectivity index (χ0n) is 22.4. The predicted octanol–water partition coefficient (Wildman–Crippen LogP) is 4.57. The molecule has 6 rings (SSSR count). The smallest absolute Gasteiger partial charge is 0.243 e. The lowest BCUT2D eigenvalue weighted by Gasteiger charge is -2.40. The van der Waals surface area contributed by atoms with E-state index in [4.69, 9.17) is 0 Å². The van der Waals surface area contributed by atoms with Gasteiger partial charge in [0.05, 0.1) is 12.0 Å². The van der Waals surface area contributed by atoms with Crippen LogP contribution < -0.4 is 16.0 Å². The number of hydrogen-bond donors (Lipinski definition) is 4. The summed E-state index contributed by atoms with van der Waals surface area (Å²) < 4.78 is 0. The summed E-state index contributed by atoms with van der Waals surface area (Å²) in [5, 5.41) is 10.9. The van der Waals surface area contributed by atoms with Crippen molar-refractivity contribution in [1.29, 1.82) is 0 Å². The van der Waals surface area contributed by atoms with Crippen molar-refractivity contribution in [2.45, 2.75) is 50.1 Å². The Morgan fingerprint density at radius 1 is 0.923 bits per heavy atom. The molecule has 1 aliphatic heterocycles. The molecular weight excluding hydrogens is 484 g/mol. The Morgan fingerprint density at radius 3 is 2.46 bits per heavy atom. The van der Waals surface area contributed by atoms with Crippen LogP contribution in [0.4, 0.5) is 0 Å². The number of rotatable bonds is 7. The maximum Gasteiger partial charge on any atom is 0.243 e. The van der Waals surface area contributed by atoms with E-state index in [1.807, 2.05) is 61.7 Å². The first-order valence-corrected chi connectivity index (χ1v) is 14.0. The topological polar surface area (TPSA) is 86.0 Å². The van der Waals surface area contributed by atoms with Gasteiger partial charge in [0.15, 0.2) is 0 Å². The molecule has 3 atom stereocenters. The van der Waals surface area contributed by atoms with E-state index < -0.39 is 6.04 Å². The Bertz CT molecular complexity index is 1470. The summed E-state index contributed by atoms with van der Waals surface area (Å²) in [4.78, 5) is 31.2. The van der Waals surface area contributed by atoms with E-state index in [2.05, 4.69) is 51.3 Å². The van der Waals surface area contributed by atoms with E-state index in [0.717, 1.165) is 48.0 Å². The predicted molar refractivity (Wildman–Crippen MR) is 154 cm³/mol. The Kier molecular flexibility index (Phi) is 6.96. The molecule has 1 aliphatic carbocycles. The third-order valence-electron chi connectivity index (χ3n) is 8.85. The van der Waals surface area contributed by atoms with Gasteiger partial charge in [0.1, 0.15) is 6.04 Å². The van der Waals surface area contributed by atoms with Crippen LogP contribution in [0, 0.1) is 5.92 Å². The Hall–Kier alpha value is -3.90. The fourth-order valence-electron chi connectivity index (χ4n) is 6.76. The molecule has 1 spiro atoms. The van der Waals surface area contributed by atoms with E-state index in [1.165, 1.54) is 11.1 Å². The van der Waals surface area contributed by atoms with Gasteiger partial charge in [-0.25, -0.2) is 0 Å². The molecular formula is C33H36N4O2. The summed E-state index contributed by atoms with van der Waals surface area (Å²) in [6.07, 6.45) is 4.93. The molecule has 4 N–H and O–H groups in total. The third kappa shape index (κ3) is 4.85. The molecule has 2 heterocycles. The largest absolute Gasteiger partial charge is 0.361 e. The maximum absolute atomic E-state index is 14.1. The molecule has 39 heavy (non-hydrogen) atoms. The highest BCUT2D eigenvalue weighted by molar-refractivity contribution is 5.91. The number of para-hydroxylation sites is 1. The molecule has 200 valence electrons. The summed E-state index contributed by atoms with van der Waals surface area (Å²) in [7, 11) is 0. The summed E-state index contributed by atoms with van der Waals surface area (Å²) in [5.74, 6) is -0.387. The lowest BCUT2D eigenvalue weighted by molar-refractivity contribution is -0.133. The standard InChI is InChI=1S/C33H36N4O2/c1-22(23-9-3-2-4-10-23)36-32(39)30(20-25-21-35-29-14-8-6-12-26(25)29)37-31(38)28-19-24-11-5-7-13-27(24)33(28)15-17-34-18-16-33/h2-14,21-22,28,30,34-35H,15-20H2,1H3,(H,36,39)(H,37,38)/t22-,28?,30+/m1/s1. The summed E-state index contributed by atoms with van der Waals surface area (Å²) >= 11 is 0. The van der Waals surface area contributed by atoms with Crippen molar-refractivity contribution >= 4 is 22.7 Å². The second-order valence-corrected chi connectivity index (χ2v) is 11.1. The van der Waals surface area contributed by atoms with Crippen molar-refractivity contribution in [2.24, 2.45) is 5.92 Å².